The Balaban J connectivity index is 2.98. The summed E-state index contributed by atoms with van der Waals surface area (Å²) in [5.41, 5.74) is -1.24. The van der Waals surface area contributed by atoms with Gasteiger partial charge in [0.1, 0.15) is 5.60 Å². The molecular weight excluding hydrogens is 462 g/mol. The highest BCUT2D eigenvalue weighted by Gasteiger charge is 2.45. The number of rotatable bonds is 13. The number of carbonyl (C=O) groups is 3. The van der Waals surface area contributed by atoms with Gasteiger partial charge in [-0.3, -0.25) is 14.4 Å². The highest BCUT2D eigenvalue weighted by Crippen LogP contribution is 2.45. The van der Waals surface area contributed by atoms with E-state index in [1.54, 1.807) is 0 Å². The van der Waals surface area contributed by atoms with E-state index in [9.17, 15) is 19.5 Å². The van der Waals surface area contributed by atoms with Crippen molar-refractivity contribution < 1.29 is 28.7 Å². The Morgan fingerprint density at radius 1 is 1.03 bits per heavy atom. The molecule has 1 rings (SSSR count). The average molecular weight is 514 g/mol. The topological polar surface area (TPSA) is 102 Å². The third-order valence-corrected chi connectivity index (χ3v) is 12.1. The monoisotopic (exact) mass is 513 g/mol. The van der Waals surface area contributed by atoms with Crippen LogP contribution in [0.5, 0.6) is 0 Å². The minimum Gasteiger partial charge on any atom is -0.481 e. The summed E-state index contributed by atoms with van der Waals surface area (Å²) in [6.07, 6.45) is 5.53. The molecule has 1 aliphatic rings. The largest absolute Gasteiger partial charge is 0.481 e. The van der Waals surface area contributed by atoms with Crippen LogP contribution in [0.4, 0.5) is 0 Å². The first-order chi connectivity index (χ1) is 15.9. The molecule has 0 saturated heterocycles. The number of nitrogens with one attached hydrogen (secondary N) is 1. The number of carboxylic acids is 1. The van der Waals surface area contributed by atoms with Crippen molar-refractivity contribution >= 4 is 26.2 Å². The van der Waals surface area contributed by atoms with Crippen LogP contribution in [-0.4, -0.2) is 49.5 Å². The van der Waals surface area contributed by atoms with Crippen molar-refractivity contribution in [2.75, 3.05) is 6.61 Å². The summed E-state index contributed by atoms with van der Waals surface area (Å²) in [6.45, 7) is 18.8. The van der Waals surface area contributed by atoms with E-state index in [1.807, 2.05) is 27.7 Å². The van der Waals surface area contributed by atoms with Crippen molar-refractivity contribution in [3.8, 4) is 0 Å². The molecule has 7 nitrogen and oxygen atoms in total. The number of esters is 1. The highest BCUT2D eigenvalue weighted by atomic mass is 28.4. The molecule has 0 aromatic heterocycles. The Morgan fingerprint density at radius 2 is 1.60 bits per heavy atom. The SMILES string of the molecule is CCC[C@H](CC1(C(=O)N[C@@H](CCO[Si](C)(C)C(C)(C)C)CC(=O)O)CCCC1)C(=O)OC(C)(C)C. The predicted molar refractivity (Wildman–Crippen MR) is 142 cm³/mol. The third kappa shape index (κ3) is 10.2. The van der Waals surface area contributed by atoms with Crippen LogP contribution in [-0.2, 0) is 23.5 Å². The van der Waals surface area contributed by atoms with Crippen molar-refractivity contribution in [3.05, 3.63) is 0 Å². The van der Waals surface area contributed by atoms with E-state index in [0.29, 0.717) is 38.7 Å². The molecule has 0 unspecified atom stereocenters. The molecule has 2 N–H and O–H groups in total. The van der Waals surface area contributed by atoms with E-state index in [2.05, 4.69) is 39.2 Å². The zero-order valence-electron chi connectivity index (χ0n) is 23.7. The maximum absolute atomic E-state index is 13.6. The molecule has 1 saturated carbocycles. The molecule has 0 aromatic rings. The lowest BCUT2D eigenvalue weighted by Crippen LogP contribution is -2.48. The Labute approximate surface area is 214 Å². The second-order valence-corrected chi connectivity index (χ2v) is 17.7. The number of hydrogen-bond donors (Lipinski definition) is 2. The standard InChI is InChI=1S/C27H51NO6Si/c1-10-13-20(23(31)34-25(2,3)4)19-27(15-11-12-16-27)24(32)28-21(18-22(29)30)14-17-33-35(8,9)26(5,6)7/h20-21H,10-19H2,1-9H3,(H,28,32)(H,29,30)/t20-,21+/m1/s1. The van der Waals surface area contributed by atoms with Crippen molar-refractivity contribution in [1.29, 1.82) is 0 Å². The van der Waals surface area contributed by atoms with Gasteiger partial charge in [-0.2, -0.15) is 0 Å². The predicted octanol–water partition coefficient (Wildman–Crippen LogP) is 6.07. The van der Waals surface area contributed by atoms with Gasteiger partial charge >= 0.3 is 11.9 Å². The smallest absolute Gasteiger partial charge is 0.309 e. The summed E-state index contributed by atoms with van der Waals surface area (Å²) in [4.78, 5) is 38.1. The maximum atomic E-state index is 13.6. The van der Waals surface area contributed by atoms with Gasteiger partial charge in [-0.25, -0.2) is 0 Å². The third-order valence-electron chi connectivity index (χ3n) is 7.55. The van der Waals surface area contributed by atoms with Gasteiger partial charge in [0.25, 0.3) is 0 Å². The zero-order valence-corrected chi connectivity index (χ0v) is 24.7. The van der Waals surface area contributed by atoms with Gasteiger partial charge in [-0.05, 0) is 71.0 Å². The molecule has 35 heavy (non-hydrogen) atoms. The minimum atomic E-state index is -1.97. The molecule has 1 fully saturated rings. The lowest BCUT2D eigenvalue weighted by molar-refractivity contribution is -0.162. The molecule has 0 heterocycles. The van der Waals surface area contributed by atoms with E-state index in [-0.39, 0.29) is 29.3 Å². The van der Waals surface area contributed by atoms with E-state index in [1.165, 1.54) is 0 Å². The van der Waals surface area contributed by atoms with E-state index in [0.717, 1.165) is 19.3 Å². The van der Waals surface area contributed by atoms with Gasteiger partial charge < -0.3 is 19.6 Å². The van der Waals surface area contributed by atoms with E-state index in [4.69, 9.17) is 9.16 Å². The van der Waals surface area contributed by atoms with Crippen molar-refractivity contribution in [3.63, 3.8) is 0 Å². The minimum absolute atomic E-state index is 0.0579. The fourth-order valence-corrected chi connectivity index (χ4v) is 5.59. The molecule has 1 aliphatic carbocycles. The van der Waals surface area contributed by atoms with Crippen molar-refractivity contribution in [1.82, 2.24) is 5.32 Å². The van der Waals surface area contributed by atoms with Crippen LogP contribution in [0, 0.1) is 11.3 Å². The first-order valence-corrected chi connectivity index (χ1v) is 16.2. The average Bonchev–Trinajstić information content (AvgIpc) is 3.14. The Hall–Kier alpha value is -1.41. The molecule has 0 aliphatic heterocycles. The van der Waals surface area contributed by atoms with Crippen molar-refractivity contribution in [2.45, 2.75) is 136 Å². The first-order valence-electron chi connectivity index (χ1n) is 13.3. The lowest BCUT2D eigenvalue weighted by Gasteiger charge is -2.37. The number of ether oxygens (including phenoxy) is 1. The van der Waals surface area contributed by atoms with Gasteiger partial charge in [-0.1, -0.05) is 47.0 Å². The van der Waals surface area contributed by atoms with Crippen LogP contribution < -0.4 is 5.32 Å². The van der Waals surface area contributed by atoms with Crippen LogP contribution >= 0.6 is 0 Å². The fourth-order valence-electron chi connectivity index (χ4n) is 4.53. The summed E-state index contributed by atoms with van der Waals surface area (Å²) < 4.78 is 11.9. The van der Waals surface area contributed by atoms with Crippen LogP contribution in [0.2, 0.25) is 18.1 Å². The molecule has 0 aromatic carbocycles. The number of carbonyl (C=O) groups excluding carboxylic acids is 2. The molecule has 0 bridgehead atoms. The van der Waals surface area contributed by atoms with Gasteiger partial charge in [0.2, 0.25) is 5.91 Å². The van der Waals surface area contributed by atoms with Crippen molar-refractivity contribution in [2.24, 2.45) is 11.3 Å². The second kappa shape index (κ2) is 12.7. The molecular formula is C27H51NO6Si. The van der Waals surface area contributed by atoms with Crippen LogP contribution in [0.1, 0.15) is 106 Å². The first kappa shape index (κ1) is 31.6. The van der Waals surface area contributed by atoms with Gasteiger partial charge in [0, 0.05) is 12.6 Å². The summed E-state index contributed by atoms with van der Waals surface area (Å²) in [6, 6.07) is -0.506. The maximum Gasteiger partial charge on any atom is 0.309 e. The number of carboxylic acid groups (broad SMARTS) is 1. The Bertz CT molecular complexity index is 716. The van der Waals surface area contributed by atoms with Gasteiger partial charge in [0.15, 0.2) is 8.32 Å². The van der Waals surface area contributed by atoms with E-state index < -0.39 is 31.3 Å². The lowest BCUT2D eigenvalue weighted by atomic mass is 9.75. The quantitative estimate of drug-likeness (QED) is 0.229. The van der Waals surface area contributed by atoms with Gasteiger partial charge in [0.05, 0.1) is 17.8 Å². The summed E-state index contributed by atoms with van der Waals surface area (Å²) >= 11 is 0. The highest BCUT2D eigenvalue weighted by molar-refractivity contribution is 6.74. The molecule has 2 atom stereocenters. The molecule has 0 radical (unpaired) electrons. The molecule has 1 amide bonds. The number of hydrogen-bond acceptors (Lipinski definition) is 5. The van der Waals surface area contributed by atoms with Gasteiger partial charge in [-0.15, -0.1) is 0 Å². The second-order valence-electron chi connectivity index (χ2n) is 12.9. The molecule has 8 heteroatoms. The summed E-state index contributed by atoms with van der Waals surface area (Å²) in [5, 5.41) is 12.6. The normalized spacial score (nSPS) is 18.1. The molecule has 0 spiro atoms. The van der Waals surface area contributed by atoms with Crippen LogP contribution in [0.25, 0.3) is 0 Å². The summed E-state index contributed by atoms with van der Waals surface area (Å²) in [5.74, 6) is -1.66. The fraction of sp³-hybridized carbons (Fsp3) is 0.889. The Morgan fingerprint density at radius 3 is 2.06 bits per heavy atom. The Kier molecular flexibility index (Phi) is 11.5. The van der Waals surface area contributed by atoms with Crippen LogP contribution in [0.3, 0.4) is 0 Å². The van der Waals surface area contributed by atoms with Crippen LogP contribution in [0.15, 0.2) is 0 Å². The van der Waals surface area contributed by atoms with E-state index >= 15 is 0 Å². The summed E-state index contributed by atoms with van der Waals surface area (Å²) in [7, 11) is -1.97. The zero-order chi connectivity index (χ0) is 27.1. The molecule has 204 valence electrons. The number of amides is 1. The number of aliphatic carboxylic acids is 1.